The number of nitrogens with two attached hydrogens (primary N) is 1. The highest BCUT2D eigenvalue weighted by Gasteiger charge is 2.12. The molecule has 4 aromatic rings. The second-order valence-corrected chi connectivity index (χ2v) is 7.19. The van der Waals surface area contributed by atoms with E-state index in [-0.39, 0.29) is 12.4 Å². The monoisotopic (exact) mass is 415 g/mol. The molecular formula is C25H25N3O3. The van der Waals surface area contributed by atoms with Gasteiger partial charge in [-0.1, -0.05) is 36.4 Å². The molecule has 2 aromatic heterocycles. The van der Waals surface area contributed by atoms with Crippen molar-refractivity contribution >= 4 is 11.6 Å². The van der Waals surface area contributed by atoms with Gasteiger partial charge >= 0.3 is 5.97 Å². The topological polar surface area (TPSA) is 78.8 Å². The highest BCUT2D eigenvalue weighted by atomic mass is 16.5. The summed E-state index contributed by atoms with van der Waals surface area (Å²) >= 11 is 0. The maximum absolute atomic E-state index is 11.9. The minimum atomic E-state index is -0.264. The standard InChI is InChI=1S/C25H25N3O3/c1-2-30-25(29)15-21-7-3-4-9-23(21)31-17-19-13-22(28-11-10-27-24(28)14-19)20-8-5-6-18(12-20)16-26/h3-14H,2,15-17,26H2,1H3. The first-order valence-electron chi connectivity index (χ1n) is 10.3. The molecule has 0 fully saturated rings. The molecule has 0 saturated carbocycles. The first kappa shape index (κ1) is 20.6. The number of rotatable bonds is 8. The number of para-hydroxylation sites is 1. The summed E-state index contributed by atoms with van der Waals surface area (Å²) in [4.78, 5) is 16.4. The molecule has 2 aromatic carbocycles. The van der Waals surface area contributed by atoms with E-state index in [4.69, 9.17) is 15.2 Å². The lowest BCUT2D eigenvalue weighted by molar-refractivity contribution is -0.142. The molecule has 2 N–H and O–H groups in total. The van der Waals surface area contributed by atoms with E-state index in [0.29, 0.717) is 25.5 Å². The zero-order valence-corrected chi connectivity index (χ0v) is 17.5. The van der Waals surface area contributed by atoms with Crippen LogP contribution < -0.4 is 10.5 Å². The van der Waals surface area contributed by atoms with Crippen molar-refractivity contribution in [3.05, 3.63) is 89.7 Å². The lowest BCUT2D eigenvalue weighted by Gasteiger charge is -2.13. The van der Waals surface area contributed by atoms with Crippen LogP contribution in [-0.2, 0) is 29.1 Å². The summed E-state index contributed by atoms with van der Waals surface area (Å²) in [6.07, 6.45) is 3.91. The average molecular weight is 415 g/mol. The minimum absolute atomic E-state index is 0.181. The number of esters is 1. The second-order valence-electron chi connectivity index (χ2n) is 7.19. The molecule has 0 atom stereocenters. The summed E-state index contributed by atoms with van der Waals surface area (Å²) in [5.74, 6) is 0.407. The quantitative estimate of drug-likeness (QED) is 0.438. The van der Waals surface area contributed by atoms with Crippen LogP contribution in [0.4, 0.5) is 0 Å². The summed E-state index contributed by atoms with van der Waals surface area (Å²) < 4.78 is 13.2. The van der Waals surface area contributed by atoms with Gasteiger partial charge in [0.1, 0.15) is 18.0 Å². The SMILES string of the molecule is CCOC(=O)Cc1ccccc1OCc1cc(-c2cccc(CN)c2)n2ccnc2c1. The van der Waals surface area contributed by atoms with Crippen LogP contribution in [0.15, 0.2) is 73.1 Å². The Morgan fingerprint density at radius 3 is 2.77 bits per heavy atom. The van der Waals surface area contributed by atoms with Gasteiger partial charge in [0.2, 0.25) is 0 Å². The highest BCUT2D eigenvalue weighted by molar-refractivity contribution is 5.73. The van der Waals surface area contributed by atoms with Gasteiger partial charge in [-0.05, 0) is 47.9 Å². The van der Waals surface area contributed by atoms with Crippen LogP contribution in [0.1, 0.15) is 23.6 Å². The number of benzene rings is 2. The maximum Gasteiger partial charge on any atom is 0.310 e. The van der Waals surface area contributed by atoms with Gasteiger partial charge in [-0.2, -0.15) is 0 Å². The molecule has 0 spiro atoms. The summed E-state index contributed by atoms with van der Waals surface area (Å²) in [7, 11) is 0. The van der Waals surface area contributed by atoms with Gasteiger partial charge in [0.25, 0.3) is 0 Å². The van der Waals surface area contributed by atoms with Gasteiger partial charge in [-0.25, -0.2) is 4.98 Å². The van der Waals surface area contributed by atoms with Crippen molar-refractivity contribution in [1.29, 1.82) is 0 Å². The van der Waals surface area contributed by atoms with Crippen LogP contribution >= 0.6 is 0 Å². The maximum atomic E-state index is 11.9. The number of carbonyl (C=O) groups excluding carboxylic acids is 1. The van der Waals surface area contributed by atoms with Crippen LogP contribution in [-0.4, -0.2) is 22.0 Å². The molecule has 6 heteroatoms. The van der Waals surface area contributed by atoms with E-state index < -0.39 is 0 Å². The van der Waals surface area contributed by atoms with Crippen molar-refractivity contribution in [2.24, 2.45) is 5.73 Å². The molecular weight excluding hydrogens is 390 g/mol. The van der Waals surface area contributed by atoms with Crippen LogP contribution in [0.25, 0.3) is 16.9 Å². The third-order valence-electron chi connectivity index (χ3n) is 5.03. The van der Waals surface area contributed by atoms with Crippen molar-refractivity contribution in [3.63, 3.8) is 0 Å². The molecule has 0 bridgehead atoms. The molecule has 2 heterocycles. The van der Waals surface area contributed by atoms with E-state index in [9.17, 15) is 4.79 Å². The predicted molar refractivity (Wildman–Crippen MR) is 120 cm³/mol. The number of nitrogens with zero attached hydrogens (tertiary/aromatic N) is 2. The largest absolute Gasteiger partial charge is 0.489 e. The smallest absolute Gasteiger partial charge is 0.310 e. The second kappa shape index (κ2) is 9.45. The Balaban J connectivity index is 1.61. The normalized spacial score (nSPS) is 10.9. The van der Waals surface area contributed by atoms with Gasteiger partial charge in [-0.3, -0.25) is 9.20 Å². The Morgan fingerprint density at radius 1 is 1.06 bits per heavy atom. The van der Waals surface area contributed by atoms with E-state index in [1.54, 1.807) is 13.1 Å². The molecule has 0 amide bonds. The first-order chi connectivity index (χ1) is 15.2. The van der Waals surface area contributed by atoms with Gasteiger partial charge in [-0.15, -0.1) is 0 Å². The van der Waals surface area contributed by atoms with E-state index >= 15 is 0 Å². The summed E-state index contributed by atoms with van der Waals surface area (Å²) in [5.41, 5.74) is 11.6. The Labute approximate surface area is 181 Å². The molecule has 0 radical (unpaired) electrons. The van der Waals surface area contributed by atoms with Crippen molar-refractivity contribution < 1.29 is 14.3 Å². The van der Waals surface area contributed by atoms with Crippen molar-refractivity contribution in [1.82, 2.24) is 9.38 Å². The van der Waals surface area contributed by atoms with E-state index in [1.807, 2.05) is 53.1 Å². The number of hydrogen-bond donors (Lipinski definition) is 1. The van der Waals surface area contributed by atoms with Gasteiger partial charge < -0.3 is 15.2 Å². The predicted octanol–water partition coefficient (Wildman–Crippen LogP) is 4.14. The van der Waals surface area contributed by atoms with E-state index in [1.165, 1.54) is 0 Å². The lowest BCUT2D eigenvalue weighted by Crippen LogP contribution is -2.09. The van der Waals surface area contributed by atoms with Crippen LogP contribution in [0.2, 0.25) is 0 Å². The zero-order chi connectivity index (χ0) is 21.6. The third kappa shape index (κ3) is 4.75. The molecule has 4 rings (SSSR count). The minimum Gasteiger partial charge on any atom is -0.489 e. The fourth-order valence-electron chi connectivity index (χ4n) is 3.56. The lowest BCUT2D eigenvalue weighted by atomic mass is 10.1. The third-order valence-corrected chi connectivity index (χ3v) is 5.03. The summed E-state index contributed by atoms with van der Waals surface area (Å²) in [6, 6.07) is 19.8. The zero-order valence-electron chi connectivity index (χ0n) is 17.5. The Morgan fingerprint density at radius 2 is 1.94 bits per heavy atom. The number of pyridine rings is 1. The van der Waals surface area contributed by atoms with Gasteiger partial charge in [0.05, 0.1) is 18.7 Å². The number of imidazole rings is 1. The molecule has 158 valence electrons. The number of carbonyl (C=O) groups is 1. The summed E-state index contributed by atoms with van der Waals surface area (Å²) in [5, 5.41) is 0. The van der Waals surface area contributed by atoms with E-state index in [0.717, 1.165) is 33.6 Å². The molecule has 0 aliphatic rings. The van der Waals surface area contributed by atoms with Gasteiger partial charge in [0.15, 0.2) is 0 Å². The molecule has 6 nitrogen and oxygen atoms in total. The molecule has 0 saturated heterocycles. The van der Waals surface area contributed by atoms with Crippen LogP contribution in [0.5, 0.6) is 5.75 Å². The van der Waals surface area contributed by atoms with Crippen molar-refractivity contribution in [2.75, 3.05) is 6.61 Å². The molecule has 0 aliphatic heterocycles. The van der Waals surface area contributed by atoms with Crippen LogP contribution in [0, 0.1) is 0 Å². The molecule has 31 heavy (non-hydrogen) atoms. The van der Waals surface area contributed by atoms with E-state index in [2.05, 4.69) is 23.2 Å². The molecule has 0 aliphatic carbocycles. The highest BCUT2D eigenvalue weighted by Crippen LogP contribution is 2.25. The Kier molecular flexibility index (Phi) is 6.29. The molecule has 0 unspecified atom stereocenters. The fourth-order valence-corrected chi connectivity index (χ4v) is 3.56. The number of fused-ring (bicyclic) bond motifs is 1. The van der Waals surface area contributed by atoms with Crippen LogP contribution in [0.3, 0.4) is 0 Å². The van der Waals surface area contributed by atoms with Gasteiger partial charge in [0, 0.05) is 24.5 Å². The van der Waals surface area contributed by atoms with Crippen molar-refractivity contribution in [2.45, 2.75) is 26.5 Å². The Bertz CT molecular complexity index is 1200. The first-order valence-corrected chi connectivity index (χ1v) is 10.3. The summed E-state index contributed by atoms with van der Waals surface area (Å²) in [6.45, 7) is 3.00. The fraction of sp³-hybridized carbons (Fsp3) is 0.200. The number of aromatic nitrogens is 2. The number of ether oxygens (including phenoxy) is 2. The number of hydrogen-bond acceptors (Lipinski definition) is 5. The average Bonchev–Trinajstić information content (AvgIpc) is 3.27. The Hall–Kier alpha value is -3.64. The van der Waals surface area contributed by atoms with Crippen molar-refractivity contribution in [3.8, 4) is 17.0 Å².